The molecule has 1 aromatic heterocycles. The third kappa shape index (κ3) is 5.35. The van der Waals surface area contributed by atoms with E-state index in [1.807, 2.05) is 0 Å². The minimum absolute atomic E-state index is 0.0806. The van der Waals surface area contributed by atoms with Gasteiger partial charge < -0.3 is 19.6 Å². The Morgan fingerprint density at radius 1 is 1.50 bits per heavy atom. The predicted molar refractivity (Wildman–Crippen MR) is 76.2 cm³/mol. The molecule has 0 spiro atoms. The molecule has 2 atom stereocenters. The molecule has 0 bridgehead atoms. The smallest absolute Gasteiger partial charge is 0.248 e. The molecule has 2 unspecified atom stereocenters. The summed E-state index contributed by atoms with van der Waals surface area (Å²) >= 11 is 0. The van der Waals surface area contributed by atoms with Crippen molar-refractivity contribution in [3.05, 3.63) is 24.2 Å². The second kappa shape index (κ2) is 7.45. The van der Waals surface area contributed by atoms with Gasteiger partial charge in [0.15, 0.2) is 0 Å². The van der Waals surface area contributed by atoms with Crippen LogP contribution in [-0.2, 0) is 15.1 Å². The van der Waals surface area contributed by atoms with Gasteiger partial charge in [-0.3, -0.25) is 4.79 Å². The predicted octanol–water partition coefficient (Wildman–Crippen LogP) is 2.05. The lowest BCUT2D eigenvalue weighted by Gasteiger charge is -2.22. The van der Waals surface area contributed by atoms with Gasteiger partial charge in [0.2, 0.25) is 5.91 Å². The van der Waals surface area contributed by atoms with Crippen LogP contribution in [0.25, 0.3) is 0 Å². The molecule has 0 saturated heterocycles. The van der Waals surface area contributed by atoms with Gasteiger partial charge in [0.1, 0.15) is 17.5 Å². The molecule has 1 aromatic rings. The Morgan fingerprint density at radius 2 is 2.20 bits per heavy atom. The molecule has 0 aliphatic rings. The van der Waals surface area contributed by atoms with Gasteiger partial charge in [0.25, 0.3) is 0 Å². The maximum Gasteiger partial charge on any atom is 0.248 e. The van der Waals surface area contributed by atoms with E-state index < -0.39 is 11.7 Å². The molecule has 2 N–H and O–H groups in total. The van der Waals surface area contributed by atoms with Crippen LogP contribution in [0.3, 0.4) is 0 Å². The second-order valence-electron chi connectivity index (χ2n) is 5.66. The summed E-state index contributed by atoms with van der Waals surface area (Å²) in [5.74, 6) is 0.733. The fourth-order valence-electron chi connectivity index (χ4n) is 1.63. The highest BCUT2D eigenvalue weighted by Crippen LogP contribution is 2.19. The first-order valence-electron chi connectivity index (χ1n) is 6.98. The molecule has 0 aromatic carbocycles. The largest absolute Gasteiger partial charge is 0.466 e. The highest BCUT2D eigenvalue weighted by atomic mass is 16.5. The Hall–Kier alpha value is -1.33. The zero-order valence-electron chi connectivity index (χ0n) is 12.7. The summed E-state index contributed by atoms with van der Waals surface area (Å²) in [4.78, 5) is 11.9. The first-order valence-corrected chi connectivity index (χ1v) is 6.98. The van der Waals surface area contributed by atoms with Crippen LogP contribution in [0.4, 0.5) is 0 Å². The number of rotatable bonds is 8. The summed E-state index contributed by atoms with van der Waals surface area (Å²) in [6, 6.07) is 3.37. The summed E-state index contributed by atoms with van der Waals surface area (Å²) in [5.41, 5.74) is -1.23. The van der Waals surface area contributed by atoms with Gasteiger partial charge in [-0.25, -0.2) is 0 Å². The van der Waals surface area contributed by atoms with E-state index in [1.165, 1.54) is 6.26 Å². The fourth-order valence-corrected chi connectivity index (χ4v) is 1.63. The molecule has 114 valence electrons. The quantitative estimate of drug-likeness (QED) is 0.766. The molecule has 1 rings (SSSR count). The first-order chi connectivity index (χ1) is 9.33. The lowest BCUT2D eigenvalue weighted by Crippen LogP contribution is -2.42. The number of aliphatic hydroxyl groups is 1. The van der Waals surface area contributed by atoms with Gasteiger partial charge in [-0.2, -0.15) is 0 Å². The Kier molecular flexibility index (Phi) is 6.23. The monoisotopic (exact) mass is 283 g/mol. The topological polar surface area (TPSA) is 71.7 Å². The van der Waals surface area contributed by atoms with E-state index in [4.69, 9.17) is 9.15 Å². The maximum absolute atomic E-state index is 11.9. The second-order valence-corrected chi connectivity index (χ2v) is 5.66. The number of amides is 1. The molecule has 0 aliphatic carbocycles. The SMILES string of the molecule is CC(C)CCOC(C)C(=O)NCC(C)(O)c1ccco1. The van der Waals surface area contributed by atoms with Gasteiger partial charge in [-0.1, -0.05) is 13.8 Å². The van der Waals surface area contributed by atoms with Crippen molar-refractivity contribution in [2.75, 3.05) is 13.2 Å². The van der Waals surface area contributed by atoms with Crippen molar-refractivity contribution in [1.29, 1.82) is 0 Å². The molecule has 5 nitrogen and oxygen atoms in total. The van der Waals surface area contributed by atoms with Gasteiger partial charge in [-0.15, -0.1) is 0 Å². The molecule has 1 amide bonds. The van der Waals surface area contributed by atoms with Gasteiger partial charge >= 0.3 is 0 Å². The van der Waals surface area contributed by atoms with Crippen molar-refractivity contribution in [2.24, 2.45) is 5.92 Å². The van der Waals surface area contributed by atoms with Crippen LogP contribution in [0.5, 0.6) is 0 Å². The average molecular weight is 283 g/mol. The van der Waals surface area contributed by atoms with E-state index in [2.05, 4.69) is 19.2 Å². The van der Waals surface area contributed by atoms with Crippen molar-refractivity contribution in [3.8, 4) is 0 Å². The maximum atomic E-state index is 11.9. The Bertz CT molecular complexity index is 398. The van der Waals surface area contributed by atoms with Crippen molar-refractivity contribution in [3.63, 3.8) is 0 Å². The number of furan rings is 1. The Balaban J connectivity index is 2.35. The standard InChI is InChI=1S/C15H25NO4/c1-11(2)7-9-19-12(3)14(17)16-10-15(4,18)13-6-5-8-20-13/h5-6,8,11-12,18H,7,9-10H2,1-4H3,(H,16,17). The molecule has 20 heavy (non-hydrogen) atoms. The number of ether oxygens (including phenoxy) is 1. The highest BCUT2D eigenvalue weighted by Gasteiger charge is 2.27. The minimum atomic E-state index is -1.23. The highest BCUT2D eigenvalue weighted by molar-refractivity contribution is 5.80. The zero-order valence-corrected chi connectivity index (χ0v) is 12.7. The van der Waals surface area contributed by atoms with E-state index >= 15 is 0 Å². The lowest BCUT2D eigenvalue weighted by atomic mass is 10.0. The van der Waals surface area contributed by atoms with E-state index in [1.54, 1.807) is 26.0 Å². The molecular formula is C15H25NO4. The summed E-state index contributed by atoms with van der Waals surface area (Å²) in [5, 5.41) is 12.9. The van der Waals surface area contributed by atoms with Crippen LogP contribution < -0.4 is 5.32 Å². The van der Waals surface area contributed by atoms with Crippen LogP contribution in [0, 0.1) is 5.92 Å². The Labute approximate surface area is 120 Å². The van der Waals surface area contributed by atoms with Gasteiger partial charge in [0.05, 0.1) is 12.8 Å². The molecule has 5 heteroatoms. The van der Waals surface area contributed by atoms with Crippen LogP contribution in [-0.4, -0.2) is 30.3 Å². The fraction of sp³-hybridized carbons (Fsp3) is 0.667. The average Bonchev–Trinajstić information content (AvgIpc) is 2.90. The lowest BCUT2D eigenvalue weighted by molar-refractivity contribution is -0.133. The number of hydrogen-bond acceptors (Lipinski definition) is 4. The number of carbonyl (C=O) groups is 1. The summed E-state index contributed by atoms with van der Waals surface area (Å²) in [7, 11) is 0. The molecule has 0 aliphatic heterocycles. The normalized spacial score (nSPS) is 15.9. The number of carbonyl (C=O) groups excluding carboxylic acids is 1. The summed E-state index contributed by atoms with van der Waals surface area (Å²) < 4.78 is 10.6. The third-order valence-corrected chi connectivity index (χ3v) is 3.09. The van der Waals surface area contributed by atoms with Crippen LogP contribution in [0.1, 0.15) is 39.9 Å². The van der Waals surface area contributed by atoms with Gasteiger partial charge in [0, 0.05) is 6.61 Å². The van der Waals surface area contributed by atoms with Crippen molar-refractivity contribution in [1.82, 2.24) is 5.32 Å². The first kappa shape index (κ1) is 16.7. The van der Waals surface area contributed by atoms with E-state index in [-0.39, 0.29) is 12.5 Å². The molecule has 0 saturated carbocycles. The van der Waals surface area contributed by atoms with Crippen LogP contribution in [0.2, 0.25) is 0 Å². The van der Waals surface area contributed by atoms with E-state index in [9.17, 15) is 9.90 Å². The zero-order chi connectivity index (χ0) is 15.2. The molecule has 0 radical (unpaired) electrons. The summed E-state index contributed by atoms with van der Waals surface area (Å²) in [6.07, 6.45) is 1.88. The molecule has 1 heterocycles. The van der Waals surface area contributed by atoms with Crippen LogP contribution in [0.15, 0.2) is 22.8 Å². The molecule has 0 fully saturated rings. The number of nitrogens with one attached hydrogen (secondary N) is 1. The van der Waals surface area contributed by atoms with Crippen molar-refractivity contribution >= 4 is 5.91 Å². The van der Waals surface area contributed by atoms with Crippen LogP contribution >= 0.6 is 0 Å². The van der Waals surface area contributed by atoms with E-state index in [0.29, 0.717) is 18.3 Å². The van der Waals surface area contributed by atoms with Crippen molar-refractivity contribution < 1.29 is 19.1 Å². The van der Waals surface area contributed by atoms with Gasteiger partial charge in [-0.05, 0) is 38.3 Å². The molecular weight excluding hydrogens is 258 g/mol. The Morgan fingerprint density at radius 3 is 2.75 bits per heavy atom. The summed E-state index contributed by atoms with van der Waals surface area (Å²) in [6.45, 7) is 8.15. The van der Waals surface area contributed by atoms with Crippen molar-refractivity contribution in [2.45, 2.75) is 45.8 Å². The number of hydrogen-bond donors (Lipinski definition) is 2. The van der Waals surface area contributed by atoms with E-state index in [0.717, 1.165) is 6.42 Å². The third-order valence-electron chi connectivity index (χ3n) is 3.09. The minimum Gasteiger partial charge on any atom is -0.466 e.